The lowest BCUT2D eigenvalue weighted by atomic mass is 9.95. The van der Waals surface area contributed by atoms with E-state index in [-0.39, 0.29) is 17.4 Å². The minimum absolute atomic E-state index is 0.103. The van der Waals surface area contributed by atoms with E-state index in [1.54, 1.807) is 11.3 Å². The van der Waals surface area contributed by atoms with Crippen molar-refractivity contribution >= 4 is 17.3 Å². The molecular formula is C16H28N2O2S. The summed E-state index contributed by atoms with van der Waals surface area (Å²) in [5.41, 5.74) is 0.103. The molecule has 5 heteroatoms. The summed E-state index contributed by atoms with van der Waals surface area (Å²) in [6, 6.07) is 3.78. The van der Waals surface area contributed by atoms with Crippen LogP contribution in [-0.2, 0) is 14.9 Å². The van der Waals surface area contributed by atoms with Gasteiger partial charge >= 0.3 is 5.97 Å². The highest BCUT2D eigenvalue weighted by Gasteiger charge is 2.25. The third kappa shape index (κ3) is 5.77. The highest BCUT2D eigenvalue weighted by molar-refractivity contribution is 7.12. The topological polar surface area (TPSA) is 41.6 Å². The Bertz CT molecular complexity index is 449. The van der Waals surface area contributed by atoms with Crippen molar-refractivity contribution in [3.8, 4) is 0 Å². The van der Waals surface area contributed by atoms with Gasteiger partial charge in [-0.05, 0) is 38.6 Å². The van der Waals surface area contributed by atoms with Crippen LogP contribution in [0.5, 0.6) is 0 Å². The molecule has 1 rings (SSSR count). The first-order valence-corrected chi connectivity index (χ1v) is 8.22. The number of carbonyl (C=O) groups excluding carboxylic acids is 1. The van der Waals surface area contributed by atoms with Gasteiger partial charge < -0.3 is 9.64 Å². The van der Waals surface area contributed by atoms with Crippen LogP contribution in [0.2, 0.25) is 0 Å². The first kappa shape index (κ1) is 18.1. The molecule has 21 heavy (non-hydrogen) atoms. The second-order valence-corrected chi connectivity index (χ2v) is 7.51. The Balaban J connectivity index is 2.84. The van der Waals surface area contributed by atoms with Crippen molar-refractivity contribution in [2.75, 3.05) is 33.8 Å². The summed E-state index contributed by atoms with van der Waals surface area (Å²) >= 11 is 1.68. The minimum Gasteiger partial charge on any atom is -0.465 e. The maximum Gasteiger partial charge on any atom is 0.328 e. The Hall–Kier alpha value is -0.910. The van der Waals surface area contributed by atoms with Gasteiger partial charge in [-0.3, -0.25) is 5.32 Å². The molecule has 0 aliphatic carbocycles. The Labute approximate surface area is 132 Å². The van der Waals surface area contributed by atoms with Crippen LogP contribution in [0.1, 0.15) is 43.5 Å². The quantitative estimate of drug-likeness (QED) is 0.786. The average molecular weight is 312 g/mol. The molecule has 0 spiro atoms. The van der Waals surface area contributed by atoms with Crippen LogP contribution in [0.15, 0.2) is 12.1 Å². The van der Waals surface area contributed by atoms with Gasteiger partial charge in [0.05, 0.1) is 6.61 Å². The summed E-state index contributed by atoms with van der Waals surface area (Å²) in [6.07, 6.45) is 0. The number of carbonyl (C=O) groups is 1. The molecule has 4 nitrogen and oxygen atoms in total. The lowest BCUT2D eigenvalue weighted by Crippen LogP contribution is -2.34. The highest BCUT2D eigenvalue weighted by atomic mass is 32.1. The third-order valence-corrected chi connectivity index (χ3v) is 4.66. The Morgan fingerprint density at radius 2 is 2.05 bits per heavy atom. The standard InChI is InChI=1S/C16H28N2O2S/c1-7-20-15(19)14(17-10-11-18(5)6)12-8-9-13(21-12)16(2,3)4/h8-9,14,17H,7,10-11H2,1-6H3. The van der Waals surface area contributed by atoms with Crippen molar-refractivity contribution in [3.05, 3.63) is 21.9 Å². The summed E-state index contributed by atoms with van der Waals surface area (Å²) in [6.45, 7) is 10.4. The van der Waals surface area contributed by atoms with Gasteiger partial charge in [-0.2, -0.15) is 0 Å². The van der Waals surface area contributed by atoms with Crippen LogP contribution >= 0.6 is 11.3 Å². The van der Waals surface area contributed by atoms with E-state index in [0.29, 0.717) is 6.61 Å². The molecule has 0 aromatic carbocycles. The van der Waals surface area contributed by atoms with E-state index in [1.165, 1.54) is 4.88 Å². The number of rotatable bonds is 7. The Morgan fingerprint density at radius 1 is 1.38 bits per heavy atom. The molecule has 0 saturated heterocycles. The number of hydrogen-bond donors (Lipinski definition) is 1. The number of nitrogens with one attached hydrogen (secondary N) is 1. The summed E-state index contributed by atoms with van der Waals surface area (Å²) in [4.78, 5) is 16.6. The first-order valence-electron chi connectivity index (χ1n) is 7.40. The fraction of sp³-hybridized carbons (Fsp3) is 0.688. The van der Waals surface area contributed by atoms with Gasteiger partial charge in [-0.15, -0.1) is 11.3 Å². The number of ether oxygens (including phenoxy) is 1. The van der Waals surface area contributed by atoms with E-state index in [9.17, 15) is 4.79 Å². The maximum absolute atomic E-state index is 12.2. The van der Waals surface area contributed by atoms with Crippen molar-refractivity contribution in [3.63, 3.8) is 0 Å². The maximum atomic E-state index is 12.2. The van der Waals surface area contributed by atoms with Crippen LogP contribution in [0.25, 0.3) is 0 Å². The van der Waals surface area contributed by atoms with Crippen molar-refractivity contribution in [1.82, 2.24) is 10.2 Å². The molecule has 1 aromatic heterocycles. The van der Waals surface area contributed by atoms with Crippen LogP contribution in [0, 0.1) is 0 Å². The Morgan fingerprint density at radius 3 is 2.52 bits per heavy atom. The predicted molar refractivity (Wildman–Crippen MR) is 88.9 cm³/mol. The summed E-state index contributed by atoms with van der Waals surface area (Å²) in [5.74, 6) is -0.196. The Kier molecular flexibility index (Phi) is 6.84. The lowest BCUT2D eigenvalue weighted by molar-refractivity contribution is -0.145. The summed E-state index contributed by atoms with van der Waals surface area (Å²) < 4.78 is 5.20. The lowest BCUT2D eigenvalue weighted by Gasteiger charge is -2.19. The monoisotopic (exact) mass is 312 g/mol. The van der Waals surface area contributed by atoms with E-state index in [4.69, 9.17) is 4.74 Å². The highest BCUT2D eigenvalue weighted by Crippen LogP contribution is 2.32. The normalized spacial score (nSPS) is 13.5. The second-order valence-electron chi connectivity index (χ2n) is 6.39. The van der Waals surface area contributed by atoms with E-state index in [2.05, 4.69) is 37.1 Å². The van der Waals surface area contributed by atoms with E-state index in [0.717, 1.165) is 18.0 Å². The van der Waals surface area contributed by atoms with Crippen molar-refractivity contribution in [2.24, 2.45) is 0 Å². The first-order chi connectivity index (χ1) is 9.75. The van der Waals surface area contributed by atoms with Gasteiger partial charge in [0.2, 0.25) is 0 Å². The van der Waals surface area contributed by atoms with Crippen LogP contribution in [0.3, 0.4) is 0 Å². The zero-order valence-corrected chi connectivity index (χ0v) is 14.8. The molecule has 1 heterocycles. The number of likely N-dealkylation sites (N-methyl/N-ethyl adjacent to an activating group) is 1. The number of thiophene rings is 1. The van der Waals surface area contributed by atoms with Crippen LogP contribution in [-0.4, -0.2) is 44.7 Å². The van der Waals surface area contributed by atoms with Gasteiger partial charge in [0.25, 0.3) is 0 Å². The molecule has 0 fully saturated rings. The van der Waals surface area contributed by atoms with Gasteiger partial charge in [0, 0.05) is 22.8 Å². The third-order valence-electron chi connectivity index (χ3n) is 3.08. The molecule has 120 valence electrons. The fourth-order valence-electron chi connectivity index (χ4n) is 1.87. The molecule has 1 N–H and O–H groups in total. The largest absolute Gasteiger partial charge is 0.465 e. The van der Waals surface area contributed by atoms with Crippen LogP contribution < -0.4 is 5.32 Å². The molecule has 1 atom stereocenters. The molecule has 1 unspecified atom stereocenters. The molecule has 0 saturated carbocycles. The van der Waals surface area contributed by atoms with Crippen molar-refractivity contribution in [1.29, 1.82) is 0 Å². The number of esters is 1. The molecule has 0 aliphatic rings. The predicted octanol–water partition coefficient (Wildman–Crippen LogP) is 2.80. The molecule has 0 radical (unpaired) electrons. The van der Waals surface area contributed by atoms with Crippen molar-refractivity contribution < 1.29 is 9.53 Å². The van der Waals surface area contributed by atoms with Crippen molar-refractivity contribution in [2.45, 2.75) is 39.2 Å². The smallest absolute Gasteiger partial charge is 0.328 e. The SMILES string of the molecule is CCOC(=O)C(NCCN(C)C)c1ccc(C(C)(C)C)s1. The van der Waals surface area contributed by atoms with Gasteiger partial charge in [0.1, 0.15) is 6.04 Å². The molecule has 0 amide bonds. The fourth-order valence-corrected chi connectivity index (χ4v) is 3.00. The average Bonchev–Trinajstić information content (AvgIpc) is 2.83. The summed E-state index contributed by atoms with van der Waals surface area (Å²) in [7, 11) is 4.04. The summed E-state index contributed by atoms with van der Waals surface area (Å²) in [5, 5.41) is 3.31. The zero-order chi connectivity index (χ0) is 16.0. The molecule has 0 bridgehead atoms. The van der Waals surface area contributed by atoms with E-state index >= 15 is 0 Å². The second kappa shape index (κ2) is 7.92. The van der Waals surface area contributed by atoms with Gasteiger partial charge in [0.15, 0.2) is 0 Å². The molecule has 1 aromatic rings. The number of nitrogens with zero attached hydrogens (tertiary/aromatic N) is 1. The van der Waals surface area contributed by atoms with Gasteiger partial charge in [-0.1, -0.05) is 20.8 Å². The zero-order valence-electron chi connectivity index (χ0n) is 14.0. The molecule has 0 aliphatic heterocycles. The van der Waals surface area contributed by atoms with E-state index < -0.39 is 0 Å². The van der Waals surface area contributed by atoms with Gasteiger partial charge in [-0.25, -0.2) is 4.79 Å². The van der Waals surface area contributed by atoms with E-state index in [1.807, 2.05) is 27.1 Å². The van der Waals surface area contributed by atoms with Crippen LogP contribution in [0.4, 0.5) is 0 Å². The minimum atomic E-state index is -0.369. The molecular weight excluding hydrogens is 284 g/mol. The number of hydrogen-bond acceptors (Lipinski definition) is 5.